The van der Waals surface area contributed by atoms with Crippen LogP contribution in [0.2, 0.25) is 0 Å². The summed E-state index contributed by atoms with van der Waals surface area (Å²) in [5.74, 6) is -2.64. The van der Waals surface area contributed by atoms with Crippen LogP contribution in [0.5, 0.6) is 0 Å². The Balaban J connectivity index is -0.0000000652. The minimum absolute atomic E-state index is 0.0556. The number of hydrogen-bond donors (Lipinski definition) is 0. The Morgan fingerprint density at radius 2 is 0.632 bits per heavy atom. The van der Waals surface area contributed by atoms with Crippen molar-refractivity contribution in [2.75, 3.05) is 0 Å². The van der Waals surface area contributed by atoms with Gasteiger partial charge in [0.2, 0.25) is 0 Å². The first-order valence-electron chi connectivity index (χ1n) is 32.6. The van der Waals surface area contributed by atoms with Gasteiger partial charge in [-0.15, -0.1) is 0 Å². The van der Waals surface area contributed by atoms with E-state index in [0.29, 0.717) is 19.3 Å². The van der Waals surface area contributed by atoms with Crippen LogP contribution >= 0.6 is 0 Å². The summed E-state index contributed by atoms with van der Waals surface area (Å²) in [6.07, 6.45) is 3.40. The fraction of sp³-hybridized carbons (Fsp3) is 1.00. The van der Waals surface area contributed by atoms with E-state index in [1.165, 1.54) is 77.0 Å². The lowest BCUT2D eigenvalue weighted by Gasteiger charge is -2.15. The van der Waals surface area contributed by atoms with Gasteiger partial charge >= 0.3 is 24.7 Å². The van der Waals surface area contributed by atoms with Gasteiger partial charge in [0.1, 0.15) is 0 Å². The molecular weight excluding hydrogens is 997 g/mol. The Morgan fingerprint density at radius 1 is 0.434 bits per heavy atom. The minimum Gasteiger partial charge on any atom is -0.171 e. The SMILES string of the molecule is CC.CC(C)C.CC(C)C(F)(F)F.CCC.CCC(C)C.CCCC.CCCCC.CC[C@H](C)CC(F)(F)F.CC[C@H](C)CC(F)(F)F.[2H]C(C)(C)C.[2H]C(C)(C)C(F)(F)F.[2H]C([2H])(C)CC.[2H]C1(C)CCCC1.[2H]C1(C)CCCCC1. The maximum absolute atomic E-state index is 11.5. The summed E-state index contributed by atoms with van der Waals surface area (Å²) < 4.78 is 179. The lowest BCUT2D eigenvalue weighted by Crippen LogP contribution is -2.15. The topological polar surface area (TPSA) is 0 Å². The van der Waals surface area contributed by atoms with Crippen molar-refractivity contribution in [3.05, 3.63) is 0 Å². The van der Waals surface area contributed by atoms with Crippen molar-refractivity contribution in [2.24, 2.45) is 53.2 Å². The van der Waals surface area contributed by atoms with E-state index >= 15 is 0 Å². The lowest BCUT2D eigenvalue weighted by atomic mass is 9.91. The van der Waals surface area contributed by atoms with Crippen LogP contribution in [-0.4, -0.2) is 24.7 Å². The zero-order chi connectivity index (χ0) is 69.2. The molecule has 2 atom stereocenters. The average Bonchev–Trinajstić information content (AvgIpc) is 3.69. The Bertz CT molecular complexity index is 1100. The first-order valence-corrected chi connectivity index (χ1v) is 29.6. The maximum atomic E-state index is 11.5. The molecule has 12 heteroatoms. The molecule has 2 aliphatic rings. The zero-order valence-corrected chi connectivity index (χ0v) is 55.8. The van der Waals surface area contributed by atoms with E-state index in [1.54, 1.807) is 34.6 Å². The third kappa shape index (κ3) is 179. The molecule has 0 saturated heterocycles. The summed E-state index contributed by atoms with van der Waals surface area (Å²) in [6.45, 7) is 53.8. The second-order valence-electron chi connectivity index (χ2n) is 21.3. The van der Waals surface area contributed by atoms with Gasteiger partial charge in [0, 0.05) is 32.9 Å². The molecule has 0 heterocycles. The van der Waals surface area contributed by atoms with Crippen LogP contribution < -0.4 is 0 Å². The van der Waals surface area contributed by atoms with Crippen LogP contribution in [0.3, 0.4) is 0 Å². The number of halogens is 12. The molecule has 0 aromatic rings. The van der Waals surface area contributed by atoms with E-state index in [1.807, 2.05) is 55.4 Å². The van der Waals surface area contributed by atoms with Gasteiger partial charge in [0.15, 0.2) is 0 Å². The van der Waals surface area contributed by atoms with Crippen molar-refractivity contribution in [3.8, 4) is 0 Å². The van der Waals surface area contributed by atoms with Gasteiger partial charge in [-0.05, 0) is 41.4 Å². The molecule has 2 fully saturated rings. The molecule has 0 spiro atoms. The Morgan fingerprint density at radius 3 is 0.684 bits per heavy atom. The molecule has 2 saturated carbocycles. The van der Waals surface area contributed by atoms with Crippen LogP contribution in [-0.2, 0) is 0 Å². The normalized spacial score (nSPS) is 16.1. The summed E-state index contributed by atoms with van der Waals surface area (Å²) >= 11 is 0. The number of alkyl halides is 12. The molecule has 480 valence electrons. The highest BCUT2D eigenvalue weighted by molar-refractivity contribution is 4.61. The Kier molecular flexibility index (Phi) is 86.7. The maximum Gasteiger partial charge on any atom is 0.391 e. The van der Waals surface area contributed by atoms with E-state index in [4.69, 9.17) is 8.22 Å². The van der Waals surface area contributed by atoms with Gasteiger partial charge in [-0.1, -0.05) is 329 Å². The molecule has 0 bridgehead atoms. The molecule has 0 aliphatic heterocycles. The predicted molar refractivity (Wildman–Crippen MR) is 322 cm³/mol. The Labute approximate surface area is 479 Å². The zero-order valence-electron chi connectivity index (χ0n) is 61.8. The van der Waals surface area contributed by atoms with E-state index in [0.717, 1.165) is 65.2 Å². The summed E-state index contributed by atoms with van der Waals surface area (Å²) in [5.41, 5.74) is 0. The van der Waals surface area contributed by atoms with Crippen molar-refractivity contribution in [1.82, 2.24) is 0 Å². The summed E-state index contributed by atoms with van der Waals surface area (Å²) in [6, 6.07) is 0. The smallest absolute Gasteiger partial charge is 0.171 e. The molecule has 0 radical (unpaired) electrons. The van der Waals surface area contributed by atoms with Crippen molar-refractivity contribution in [3.63, 3.8) is 0 Å². The fourth-order valence-electron chi connectivity index (χ4n) is 3.57. The van der Waals surface area contributed by atoms with Crippen LogP contribution in [0, 0.1) is 53.2 Å². The van der Waals surface area contributed by atoms with Crippen molar-refractivity contribution < 1.29 is 60.9 Å². The van der Waals surface area contributed by atoms with E-state index in [2.05, 4.69) is 83.1 Å². The fourth-order valence-corrected chi connectivity index (χ4v) is 3.57. The van der Waals surface area contributed by atoms with Crippen LogP contribution in [0.15, 0.2) is 0 Å². The van der Waals surface area contributed by atoms with Crippen molar-refractivity contribution >= 4 is 0 Å². The van der Waals surface area contributed by atoms with Gasteiger partial charge < -0.3 is 0 Å². The quantitative estimate of drug-likeness (QED) is 0.202. The largest absolute Gasteiger partial charge is 0.391 e. The van der Waals surface area contributed by atoms with Gasteiger partial charge in [0.05, 0.1) is 0 Å². The van der Waals surface area contributed by atoms with Gasteiger partial charge in [0.25, 0.3) is 0 Å². The number of rotatable bonds is 9. The summed E-state index contributed by atoms with van der Waals surface area (Å²) in [7, 11) is 0. The molecule has 0 aromatic carbocycles. The highest BCUT2D eigenvalue weighted by atomic mass is 19.4. The predicted octanol–water partition coefficient (Wildman–Crippen LogP) is 28.8. The molecule has 0 N–H and O–H groups in total. The van der Waals surface area contributed by atoms with Gasteiger partial charge in [-0.25, -0.2) is 0 Å². The standard InChI is InChI=1S/C7H14.2C6H11F3.C6H12.2C5H12.2C4H7F3.4C4H10.C3H8.C2H6/c1-7-5-3-2-4-6-7;2*1-3-5(2)4-6(7,8)9;1-6-4-2-3-5-6;1-4-5(2)3;1-3-5-4-2;2*1-3(2)4(5,6)7;2*1-4(2)3;2*1-3-4-2;1-3-2;1-2/h7H,2-6H2,1H3;2*5H,3-4H2,1-2H3;6H,2-5H2,1H3;5H,4H2,1-3H3;3-5H2,1-2H3;2*3H,1-2H3;2*4H,1-3H3;2*3-4H2,1-2H3;3H2,1-2H3;1-2H3/t;2*5-;;;;;;;;;;;/m.00.........../s1/i7D;;;6D;;;3D;;4D;;3D2;;;. The third-order valence-corrected chi connectivity index (χ3v) is 9.32. The van der Waals surface area contributed by atoms with Crippen molar-refractivity contribution in [1.29, 1.82) is 0 Å². The Hall–Kier alpha value is -0.840. The van der Waals surface area contributed by atoms with Gasteiger partial charge in [-0.3, -0.25) is 0 Å². The number of unbranched alkanes of at least 4 members (excludes halogenated alkanes) is 3. The first-order chi connectivity index (χ1) is 36.3. The second-order valence-corrected chi connectivity index (χ2v) is 21.3. The second kappa shape index (κ2) is 76.2. The van der Waals surface area contributed by atoms with Crippen LogP contribution in [0.25, 0.3) is 0 Å². The monoisotopic (exact) mass is 1140 g/mol. The molecule has 0 amide bonds. The van der Waals surface area contributed by atoms with E-state index < -0.39 is 55.7 Å². The molecule has 0 unspecified atom stereocenters. The third-order valence-electron chi connectivity index (χ3n) is 9.32. The molecule has 2 aliphatic carbocycles. The minimum atomic E-state index is -4.40. The van der Waals surface area contributed by atoms with E-state index in [-0.39, 0.29) is 29.5 Å². The molecule has 76 heavy (non-hydrogen) atoms. The molecule has 0 nitrogen and oxygen atoms in total. The van der Waals surface area contributed by atoms with Crippen LogP contribution in [0.4, 0.5) is 52.7 Å². The van der Waals surface area contributed by atoms with E-state index in [9.17, 15) is 52.7 Å². The highest BCUT2D eigenvalue weighted by Crippen LogP contribution is 2.28. The number of hydrogen-bond acceptors (Lipinski definition) is 0. The average molecular weight is 1140 g/mol. The lowest BCUT2D eigenvalue weighted by molar-refractivity contribution is -0.165. The molecular formula is C64H140F12. The molecule has 0 aromatic heterocycles. The first kappa shape index (κ1) is 86.4. The van der Waals surface area contributed by atoms with Gasteiger partial charge in [-0.2, -0.15) is 52.7 Å². The molecule has 2 rings (SSSR count). The summed E-state index contributed by atoms with van der Waals surface area (Å²) in [4.78, 5) is 0. The van der Waals surface area contributed by atoms with Crippen LogP contribution in [0.1, 0.15) is 350 Å². The summed E-state index contributed by atoms with van der Waals surface area (Å²) in [5, 5.41) is 0. The highest BCUT2D eigenvalue weighted by Gasteiger charge is 2.32. The van der Waals surface area contributed by atoms with Crippen molar-refractivity contribution in [2.45, 2.75) is 367 Å².